The van der Waals surface area contributed by atoms with Crippen LogP contribution in [0, 0.1) is 5.82 Å². The Morgan fingerprint density at radius 3 is 3.04 bits per heavy atom. The second-order valence-corrected chi connectivity index (χ2v) is 6.09. The van der Waals surface area contributed by atoms with Gasteiger partial charge < -0.3 is 14.6 Å². The van der Waals surface area contributed by atoms with E-state index >= 15 is 0 Å². The monoisotopic (exact) mass is 347 g/mol. The standard InChI is InChI=1S/C16H15ClFN5O/c17-12-6-10(3-4-13(12)18)22-15-14-16(20-8-19-15)23(9-21-14)7-11-2-1-5-24-11/h3-4,6,8-9,11H,1-2,5,7H2,(H,19,20,22). The molecule has 0 amide bonds. The number of nitrogens with one attached hydrogen (secondary N) is 1. The summed E-state index contributed by atoms with van der Waals surface area (Å²) < 4.78 is 20.9. The third-order valence-electron chi connectivity index (χ3n) is 4.01. The van der Waals surface area contributed by atoms with Crippen molar-refractivity contribution in [3.05, 3.63) is 41.7 Å². The van der Waals surface area contributed by atoms with Gasteiger partial charge in [0, 0.05) is 12.3 Å². The molecule has 1 aliphatic rings. The number of hydrogen-bond acceptors (Lipinski definition) is 5. The molecule has 1 aliphatic heterocycles. The van der Waals surface area contributed by atoms with Crippen molar-refractivity contribution in [2.24, 2.45) is 0 Å². The van der Waals surface area contributed by atoms with Gasteiger partial charge in [0.05, 0.1) is 24.0 Å². The number of rotatable bonds is 4. The number of hydrogen-bond donors (Lipinski definition) is 1. The van der Waals surface area contributed by atoms with E-state index in [-0.39, 0.29) is 11.1 Å². The minimum absolute atomic E-state index is 0.0502. The van der Waals surface area contributed by atoms with Crippen molar-refractivity contribution in [1.29, 1.82) is 0 Å². The van der Waals surface area contributed by atoms with Crippen molar-refractivity contribution in [3.8, 4) is 0 Å². The van der Waals surface area contributed by atoms with Crippen molar-refractivity contribution in [2.45, 2.75) is 25.5 Å². The van der Waals surface area contributed by atoms with Gasteiger partial charge in [-0.15, -0.1) is 0 Å². The van der Waals surface area contributed by atoms with Crippen molar-refractivity contribution in [1.82, 2.24) is 19.5 Å². The summed E-state index contributed by atoms with van der Waals surface area (Å²) in [5.41, 5.74) is 2.02. The molecule has 4 rings (SSSR count). The van der Waals surface area contributed by atoms with Crippen LogP contribution in [0.4, 0.5) is 15.9 Å². The van der Waals surface area contributed by atoms with E-state index in [0.717, 1.165) is 31.6 Å². The van der Waals surface area contributed by atoms with E-state index in [0.29, 0.717) is 17.0 Å². The van der Waals surface area contributed by atoms with E-state index < -0.39 is 5.82 Å². The van der Waals surface area contributed by atoms with Crippen molar-refractivity contribution in [2.75, 3.05) is 11.9 Å². The van der Waals surface area contributed by atoms with Crippen LogP contribution in [0.5, 0.6) is 0 Å². The minimum Gasteiger partial charge on any atom is -0.376 e. The average molecular weight is 348 g/mol. The third-order valence-corrected chi connectivity index (χ3v) is 4.30. The fourth-order valence-corrected chi connectivity index (χ4v) is 3.00. The molecule has 24 heavy (non-hydrogen) atoms. The molecule has 0 radical (unpaired) electrons. The third kappa shape index (κ3) is 2.92. The summed E-state index contributed by atoms with van der Waals surface area (Å²) in [6.45, 7) is 1.53. The lowest BCUT2D eigenvalue weighted by Gasteiger charge is -2.10. The Labute approximate surface area is 142 Å². The fraction of sp³-hybridized carbons (Fsp3) is 0.312. The summed E-state index contributed by atoms with van der Waals surface area (Å²) in [6, 6.07) is 4.41. The second kappa shape index (κ2) is 6.33. The van der Waals surface area contributed by atoms with Crippen LogP contribution < -0.4 is 5.32 Å². The molecular formula is C16H15ClFN5O. The van der Waals surface area contributed by atoms with Gasteiger partial charge in [-0.2, -0.15) is 0 Å². The Hall–Kier alpha value is -2.25. The fourth-order valence-electron chi connectivity index (χ4n) is 2.82. The number of nitrogens with zero attached hydrogens (tertiary/aromatic N) is 4. The minimum atomic E-state index is -0.462. The first-order chi connectivity index (χ1) is 11.7. The Bertz CT molecular complexity index is 878. The van der Waals surface area contributed by atoms with Gasteiger partial charge in [0.2, 0.25) is 0 Å². The van der Waals surface area contributed by atoms with Gasteiger partial charge >= 0.3 is 0 Å². The molecule has 0 bridgehead atoms. The van der Waals surface area contributed by atoms with Gasteiger partial charge in [0.1, 0.15) is 12.1 Å². The van der Waals surface area contributed by atoms with Gasteiger partial charge in [0.25, 0.3) is 0 Å². The van der Waals surface area contributed by atoms with E-state index in [2.05, 4.69) is 20.3 Å². The molecule has 1 aromatic carbocycles. The molecule has 8 heteroatoms. The van der Waals surface area contributed by atoms with E-state index in [1.807, 2.05) is 4.57 Å². The molecular weight excluding hydrogens is 333 g/mol. The maximum Gasteiger partial charge on any atom is 0.165 e. The summed E-state index contributed by atoms with van der Waals surface area (Å²) in [5.74, 6) is 0.0876. The van der Waals surface area contributed by atoms with E-state index in [1.54, 1.807) is 12.4 Å². The zero-order chi connectivity index (χ0) is 16.5. The molecule has 1 unspecified atom stereocenters. The summed E-state index contributed by atoms with van der Waals surface area (Å²) in [6.07, 6.45) is 5.55. The van der Waals surface area contributed by atoms with Crippen LogP contribution in [-0.2, 0) is 11.3 Å². The van der Waals surface area contributed by atoms with Gasteiger partial charge in [-0.25, -0.2) is 19.3 Å². The largest absolute Gasteiger partial charge is 0.376 e. The van der Waals surface area contributed by atoms with Gasteiger partial charge in [-0.3, -0.25) is 0 Å². The SMILES string of the molecule is Fc1ccc(Nc2ncnc3c2ncn3CC2CCCO2)cc1Cl. The molecule has 2 aromatic heterocycles. The Balaban J connectivity index is 1.63. The zero-order valence-electron chi connectivity index (χ0n) is 12.7. The predicted molar refractivity (Wildman–Crippen MR) is 89.0 cm³/mol. The number of halogens is 2. The molecule has 1 N–H and O–H groups in total. The highest BCUT2D eigenvalue weighted by atomic mass is 35.5. The van der Waals surface area contributed by atoms with Gasteiger partial charge in [-0.05, 0) is 31.0 Å². The lowest BCUT2D eigenvalue weighted by atomic mass is 10.2. The first-order valence-corrected chi connectivity index (χ1v) is 8.08. The predicted octanol–water partition coefficient (Wildman–Crippen LogP) is 3.54. The highest BCUT2D eigenvalue weighted by Crippen LogP contribution is 2.25. The average Bonchev–Trinajstić information content (AvgIpc) is 3.22. The molecule has 3 aromatic rings. The van der Waals surface area contributed by atoms with E-state index in [9.17, 15) is 4.39 Å². The maximum absolute atomic E-state index is 13.3. The molecule has 3 heterocycles. The van der Waals surface area contributed by atoms with Crippen LogP contribution in [0.25, 0.3) is 11.2 Å². The van der Waals surface area contributed by atoms with Crippen LogP contribution in [0.2, 0.25) is 5.02 Å². The van der Waals surface area contributed by atoms with Gasteiger partial charge in [-0.1, -0.05) is 11.6 Å². The number of fused-ring (bicyclic) bond motifs is 1. The van der Waals surface area contributed by atoms with E-state index in [1.165, 1.54) is 18.5 Å². The Morgan fingerprint density at radius 2 is 2.25 bits per heavy atom. The number of imidazole rings is 1. The summed E-state index contributed by atoms with van der Waals surface area (Å²) in [5, 5.41) is 3.16. The first-order valence-electron chi connectivity index (χ1n) is 7.70. The van der Waals surface area contributed by atoms with Crippen molar-refractivity contribution in [3.63, 3.8) is 0 Å². The number of benzene rings is 1. The van der Waals surface area contributed by atoms with Crippen LogP contribution in [-0.4, -0.2) is 32.2 Å². The molecule has 1 atom stereocenters. The quantitative estimate of drug-likeness (QED) is 0.782. The molecule has 1 fully saturated rings. The lowest BCUT2D eigenvalue weighted by molar-refractivity contribution is 0.0978. The molecule has 0 aliphatic carbocycles. The van der Waals surface area contributed by atoms with Crippen LogP contribution in [0.15, 0.2) is 30.9 Å². The maximum atomic E-state index is 13.3. The highest BCUT2D eigenvalue weighted by molar-refractivity contribution is 6.31. The second-order valence-electron chi connectivity index (χ2n) is 5.68. The Morgan fingerprint density at radius 1 is 1.33 bits per heavy atom. The normalized spacial score (nSPS) is 17.5. The van der Waals surface area contributed by atoms with Crippen molar-refractivity contribution >= 4 is 34.3 Å². The van der Waals surface area contributed by atoms with Crippen LogP contribution in [0.1, 0.15) is 12.8 Å². The van der Waals surface area contributed by atoms with E-state index in [4.69, 9.17) is 16.3 Å². The van der Waals surface area contributed by atoms with Crippen LogP contribution >= 0.6 is 11.6 Å². The molecule has 1 saturated heterocycles. The number of anilines is 2. The molecule has 124 valence electrons. The van der Waals surface area contributed by atoms with Crippen LogP contribution in [0.3, 0.4) is 0 Å². The number of aromatic nitrogens is 4. The molecule has 0 spiro atoms. The summed E-state index contributed by atoms with van der Waals surface area (Å²) in [4.78, 5) is 13.0. The topological polar surface area (TPSA) is 64.9 Å². The highest BCUT2D eigenvalue weighted by Gasteiger charge is 2.18. The van der Waals surface area contributed by atoms with Crippen molar-refractivity contribution < 1.29 is 9.13 Å². The number of ether oxygens (including phenoxy) is 1. The smallest absolute Gasteiger partial charge is 0.165 e. The zero-order valence-corrected chi connectivity index (χ0v) is 13.5. The Kier molecular flexibility index (Phi) is 4.03. The molecule has 6 nitrogen and oxygen atoms in total. The van der Waals surface area contributed by atoms with Gasteiger partial charge in [0.15, 0.2) is 17.0 Å². The summed E-state index contributed by atoms with van der Waals surface area (Å²) >= 11 is 5.82. The lowest BCUT2D eigenvalue weighted by Crippen LogP contribution is -2.14. The molecule has 0 saturated carbocycles. The first kappa shape index (κ1) is 15.3. The summed E-state index contributed by atoms with van der Waals surface area (Å²) in [7, 11) is 0.